The molecule has 32 heavy (non-hydrogen) atoms. The van der Waals surface area contributed by atoms with Gasteiger partial charge in [-0.15, -0.1) is 0 Å². The Hall–Kier alpha value is -4.07. The van der Waals surface area contributed by atoms with Crippen LogP contribution in [0.3, 0.4) is 0 Å². The molecule has 0 saturated carbocycles. The lowest BCUT2D eigenvalue weighted by molar-refractivity contribution is 0.102. The number of aryl methyl sites for hydroxylation is 2. The van der Waals surface area contributed by atoms with Crippen LogP contribution in [0.25, 0.3) is 22.6 Å². The van der Waals surface area contributed by atoms with Crippen molar-refractivity contribution in [3.05, 3.63) is 82.8 Å². The van der Waals surface area contributed by atoms with Crippen molar-refractivity contribution >= 4 is 11.7 Å². The predicted molar refractivity (Wildman–Crippen MR) is 123 cm³/mol. The average Bonchev–Trinajstić information content (AvgIpc) is 3.26. The van der Waals surface area contributed by atoms with E-state index in [4.69, 9.17) is 0 Å². The van der Waals surface area contributed by atoms with Gasteiger partial charge in [-0.2, -0.15) is 0 Å². The molecule has 4 aromatic rings. The molecule has 1 amide bonds. The summed E-state index contributed by atoms with van der Waals surface area (Å²) in [6.07, 6.45) is 8.76. The normalized spacial score (nSPS) is 11.0. The fourth-order valence-corrected chi connectivity index (χ4v) is 3.49. The monoisotopic (exact) mass is 428 g/mol. The van der Waals surface area contributed by atoms with E-state index in [0.717, 1.165) is 16.7 Å². The van der Waals surface area contributed by atoms with Crippen molar-refractivity contribution < 1.29 is 4.79 Å². The van der Waals surface area contributed by atoms with Crippen LogP contribution in [0, 0.1) is 6.92 Å². The second-order valence-corrected chi connectivity index (χ2v) is 7.92. The van der Waals surface area contributed by atoms with Gasteiger partial charge in [0.15, 0.2) is 5.82 Å². The molecule has 8 nitrogen and oxygen atoms in total. The van der Waals surface area contributed by atoms with Gasteiger partial charge in [0.25, 0.3) is 11.5 Å². The summed E-state index contributed by atoms with van der Waals surface area (Å²) in [5.74, 6) is 0.529. The lowest BCUT2D eigenvalue weighted by Crippen LogP contribution is -2.27. The van der Waals surface area contributed by atoms with Crippen LogP contribution in [0.15, 0.2) is 66.1 Å². The third kappa shape index (κ3) is 4.20. The molecule has 162 valence electrons. The van der Waals surface area contributed by atoms with Crippen molar-refractivity contribution in [2.24, 2.45) is 7.05 Å². The highest BCUT2D eigenvalue weighted by Gasteiger charge is 2.16. The first-order valence-corrected chi connectivity index (χ1v) is 10.3. The van der Waals surface area contributed by atoms with Crippen molar-refractivity contribution in [2.45, 2.75) is 26.8 Å². The van der Waals surface area contributed by atoms with Crippen molar-refractivity contribution in [1.29, 1.82) is 0 Å². The van der Waals surface area contributed by atoms with Gasteiger partial charge in [-0.25, -0.2) is 9.97 Å². The zero-order valence-corrected chi connectivity index (χ0v) is 18.4. The summed E-state index contributed by atoms with van der Waals surface area (Å²) < 4.78 is 3.40. The van der Waals surface area contributed by atoms with Crippen molar-refractivity contribution in [1.82, 2.24) is 24.1 Å². The quantitative estimate of drug-likeness (QED) is 0.521. The first-order chi connectivity index (χ1) is 15.3. The van der Waals surface area contributed by atoms with Crippen molar-refractivity contribution in [3.63, 3.8) is 0 Å². The Balaban J connectivity index is 1.66. The molecule has 0 aliphatic carbocycles. The fraction of sp³-hybridized carbons (Fsp3) is 0.208. The highest BCUT2D eigenvalue weighted by atomic mass is 16.2. The molecule has 4 rings (SSSR count). The number of hydrogen-bond donors (Lipinski definition) is 1. The maximum Gasteiger partial charge on any atom is 0.263 e. The summed E-state index contributed by atoms with van der Waals surface area (Å²) in [5, 5.41) is 2.75. The van der Waals surface area contributed by atoms with Crippen LogP contribution in [-0.4, -0.2) is 30.0 Å². The standard InChI is InChI=1S/C24H24N6O2/c1-15(2)30-9-8-26-22(30)20-6-5-7-21(27-20)28-23(31)19-11-18(14-29(4)24(19)32)17-10-16(3)12-25-13-17/h5-15H,1-4H3,(H,27,28,31). The van der Waals surface area contributed by atoms with Gasteiger partial charge in [0.1, 0.15) is 17.1 Å². The largest absolute Gasteiger partial charge is 0.327 e. The van der Waals surface area contributed by atoms with Crippen LogP contribution in [0.5, 0.6) is 0 Å². The molecule has 1 N–H and O–H groups in total. The van der Waals surface area contributed by atoms with Crippen LogP contribution in [0.4, 0.5) is 5.82 Å². The van der Waals surface area contributed by atoms with Crippen LogP contribution in [-0.2, 0) is 7.05 Å². The van der Waals surface area contributed by atoms with Gasteiger partial charge in [0.05, 0.1) is 0 Å². The van der Waals surface area contributed by atoms with Crippen LogP contribution in [0.2, 0.25) is 0 Å². The third-order valence-electron chi connectivity index (χ3n) is 5.08. The minimum absolute atomic E-state index is 0.0300. The topological polar surface area (TPSA) is 94.7 Å². The SMILES string of the molecule is Cc1cncc(-c2cc(C(=O)Nc3cccc(-c4nccn4C(C)C)n3)c(=O)n(C)c2)c1. The number of aromatic nitrogens is 5. The third-order valence-corrected chi connectivity index (χ3v) is 5.08. The molecule has 0 saturated heterocycles. The lowest BCUT2D eigenvalue weighted by Gasteiger charge is -2.12. The van der Waals surface area contributed by atoms with Gasteiger partial charge in [-0.1, -0.05) is 6.07 Å². The molecule has 8 heteroatoms. The fourth-order valence-electron chi connectivity index (χ4n) is 3.49. The van der Waals surface area contributed by atoms with Gasteiger partial charge in [-0.3, -0.25) is 14.6 Å². The Morgan fingerprint density at radius 2 is 1.94 bits per heavy atom. The number of pyridine rings is 3. The minimum atomic E-state index is -0.523. The number of rotatable bonds is 5. The van der Waals surface area contributed by atoms with Crippen LogP contribution in [0.1, 0.15) is 35.8 Å². The summed E-state index contributed by atoms with van der Waals surface area (Å²) >= 11 is 0. The molecule has 0 aliphatic heterocycles. The number of amides is 1. The lowest BCUT2D eigenvalue weighted by atomic mass is 10.1. The molecule has 0 unspecified atom stereocenters. The van der Waals surface area contributed by atoms with Gasteiger partial charge in [0.2, 0.25) is 0 Å². The number of hydrogen-bond acceptors (Lipinski definition) is 5. The molecular formula is C24H24N6O2. The zero-order chi connectivity index (χ0) is 22.8. The van der Waals surface area contributed by atoms with Crippen molar-refractivity contribution in [3.8, 4) is 22.6 Å². The second kappa shape index (κ2) is 8.58. The van der Waals surface area contributed by atoms with E-state index in [1.165, 1.54) is 4.57 Å². The molecule has 0 aromatic carbocycles. The van der Waals surface area contributed by atoms with E-state index in [1.807, 2.05) is 29.8 Å². The van der Waals surface area contributed by atoms with Crippen molar-refractivity contribution in [2.75, 3.05) is 5.32 Å². The molecule has 4 aromatic heterocycles. The molecular weight excluding hydrogens is 404 g/mol. The Kier molecular flexibility index (Phi) is 5.68. The maximum atomic E-state index is 13.0. The summed E-state index contributed by atoms with van der Waals surface area (Å²) in [6, 6.07) is 9.07. The molecule has 0 atom stereocenters. The van der Waals surface area contributed by atoms with E-state index in [9.17, 15) is 9.59 Å². The highest BCUT2D eigenvalue weighted by Crippen LogP contribution is 2.22. The Morgan fingerprint density at radius 3 is 2.69 bits per heavy atom. The zero-order valence-electron chi connectivity index (χ0n) is 18.4. The maximum absolute atomic E-state index is 13.0. The number of nitrogens with zero attached hydrogens (tertiary/aromatic N) is 5. The molecule has 0 aliphatic rings. The van der Waals surface area contributed by atoms with E-state index < -0.39 is 11.5 Å². The minimum Gasteiger partial charge on any atom is -0.327 e. The Morgan fingerprint density at radius 1 is 1.12 bits per heavy atom. The van der Waals surface area contributed by atoms with E-state index in [1.54, 1.807) is 50.0 Å². The Labute approximate surface area is 185 Å². The smallest absolute Gasteiger partial charge is 0.263 e. The number of nitrogens with one attached hydrogen (secondary N) is 1. The summed E-state index contributed by atoms with van der Waals surface area (Å²) in [7, 11) is 1.62. The summed E-state index contributed by atoms with van der Waals surface area (Å²) in [5.41, 5.74) is 2.82. The number of anilines is 1. The van der Waals surface area contributed by atoms with Gasteiger partial charge < -0.3 is 14.5 Å². The predicted octanol–water partition coefficient (Wildman–Crippen LogP) is 3.85. The summed E-state index contributed by atoms with van der Waals surface area (Å²) in [6.45, 7) is 6.06. The molecule has 4 heterocycles. The van der Waals surface area contributed by atoms with Gasteiger partial charge >= 0.3 is 0 Å². The van der Waals surface area contributed by atoms with Crippen LogP contribution < -0.4 is 10.9 Å². The molecule has 0 bridgehead atoms. The molecule has 0 fully saturated rings. The first kappa shape index (κ1) is 21.2. The van der Waals surface area contributed by atoms with E-state index in [0.29, 0.717) is 17.3 Å². The summed E-state index contributed by atoms with van der Waals surface area (Å²) in [4.78, 5) is 38.8. The highest BCUT2D eigenvalue weighted by molar-refractivity contribution is 6.04. The average molecular weight is 428 g/mol. The number of carbonyl (C=O) groups excluding carboxylic acids is 1. The number of imidazole rings is 1. The van der Waals surface area contributed by atoms with Gasteiger partial charge in [-0.05, 0) is 50.6 Å². The van der Waals surface area contributed by atoms with Gasteiger partial charge in [0, 0.05) is 55.2 Å². The number of carbonyl (C=O) groups is 1. The van der Waals surface area contributed by atoms with E-state index >= 15 is 0 Å². The molecule has 0 radical (unpaired) electrons. The second-order valence-electron chi connectivity index (χ2n) is 7.92. The van der Waals surface area contributed by atoms with E-state index in [2.05, 4.69) is 34.1 Å². The molecule has 0 spiro atoms. The first-order valence-electron chi connectivity index (χ1n) is 10.3. The van der Waals surface area contributed by atoms with E-state index in [-0.39, 0.29) is 11.6 Å². The Bertz CT molecular complexity index is 1350. The van der Waals surface area contributed by atoms with Crippen LogP contribution >= 0.6 is 0 Å².